The Morgan fingerprint density at radius 1 is 1.10 bits per heavy atom. The molecule has 1 saturated heterocycles. The minimum atomic E-state index is -0.0489. The number of likely N-dealkylation sites (tertiary alicyclic amines) is 1. The smallest absolute Gasteiger partial charge is 0.255 e. The van der Waals surface area contributed by atoms with Crippen LogP contribution in [0.15, 0.2) is 54.9 Å². The number of pyridine rings is 2. The van der Waals surface area contributed by atoms with Crippen molar-refractivity contribution in [3.05, 3.63) is 60.4 Å². The molecule has 2 aromatic heterocycles. The maximum absolute atomic E-state index is 13.0. The van der Waals surface area contributed by atoms with Gasteiger partial charge in [-0.3, -0.25) is 19.6 Å². The number of ketones is 1. The third-order valence-electron chi connectivity index (χ3n) is 5.69. The molecule has 154 valence electrons. The Kier molecular flexibility index (Phi) is 5.88. The molecule has 1 amide bonds. The van der Waals surface area contributed by atoms with Gasteiger partial charge in [0.05, 0.1) is 16.8 Å². The zero-order chi connectivity index (χ0) is 21.1. The standard InChI is InChI=1S/C25H27N3O2/c1-17(2)14-23(29)20-8-5-13-28(16-20)25(30)19-10-11-22(27-15-19)21-9-3-6-18-7-4-12-26-24(18)21/h3-4,6-7,9-12,15,17,20H,5,8,13-14,16H2,1-2H3/t20-/m1/s1. The van der Waals surface area contributed by atoms with E-state index in [1.165, 1.54) is 0 Å². The van der Waals surface area contributed by atoms with Crippen molar-refractivity contribution in [2.75, 3.05) is 13.1 Å². The molecule has 0 radical (unpaired) electrons. The van der Waals surface area contributed by atoms with Crippen LogP contribution in [0.3, 0.4) is 0 Å². The van der Waals surface area contributed by atoms with Crippen LogP contribution in [0.4, 0.5) is 0 Å². The number of fused-ring (bicyclic) bond motifs is 1. The number of benzene rings is 1. The third-order valence-corrected chi connectivity index (χ3v) is 5.69. The maximum Gasteiger partial charge on any atom is 0.255 e. The number of carbonyl (C=O) groups excluding carboxylic acids is 2. The first-order valence-corrected chi connectivity index (χ1v) is 10.6. The van der Waals surface area contributed by atoms with Crippen LogP contribution >= 0.6 is 0 Å². The number of Topliss-reactive ketones (excluding diaryl/α,β-unsaturated/α-hetero) is 1. The summed E-state index contributed by atoms with van der Waals surface area (Å²) in [7, 11) is 0. The van der Waals surface area contributed by atoms with Crippen molar-refractivity contribution < 1.29 is 9.59 Å². The van der Waals surface area contributed by atoms with Crippen molar-refractivity contribution in [2.45, 2.75) is 33.1 Å². The van der Waals surface area contributed by atoms with Gasteiger partial charge >= 0.3 is 0 Å². The zero-order valence-corrected chi connectivity index (χ0v) is 17.5. The Hall–Kier alpha value is -3.08. The number of carbonyl (C=O) groups is 2. The second-order valence-electron chi connectivity index (χ2n) is 8.47. The first-order chi connectivity index (χ1) is 14.5. The lowest BCUT2D eigenvalue weighted by molar-refractivity contribution is -0.124. The highest BCUT2D eigenvalue weighted by Crippen LogP contribution is 2.26. The van der Waals surface area contributed by atoms with E-state index in [2.05, 4.69) is 23.8 Å². The molecular formula is C25H27N3O2. The summed E-state index contributed by atoms with van der Waals surface area (Å²) in [5.41, 5.74) is 3.20. The Morgan fingerprint density at radius 3 is 2.70 bits per heavy atom. The van der Waals surface area contributed by atoms with Crippen molar-refractivity contribution in [1.29, 1.82) is 0 Å². The molecule has 5 heteroatoms. The highest BCUT2D eigenvalue weighted by Gasteiger charge is 2.29. The predicted molar refractivity (Wildman–Crippen MR) is 118 cm³/mol. The third kappa shape index (κ3) is 4.25. The Morgan fingerprint density at radius 2 is 1.93 bits per heavy atom. The number of aromatic nitrogens is 2. The largest absolute Gasteiger partial charge is 0.338 e. The van der Waals surface area contributed by atoms with Gasteiger partial charge in [0, 0.05) is 48.8 Å². The van der Waals surface area contributed by atoms with Crippen molar-refractivity contribution in [3.8, 4) is 11.3 Å². The van der Waals surface area contributed by atoms with Crippen LogP contribution in [0.5, 0.6) is 0 Å². The van der Waals surface area contributed by atoms with E-state index < -0.39 is 0 Å². The van der Waals surface area contributed by atoms with Crippen LogP contribution in [0, 0.1) is 11.8 Å². The normalized spacial score (nSPS) is 16.8. The van der Waals surface area contributed by atoms with Crippen LogP contribution in [0.25, 0.3) is 22.2 Å². The summed E-state index contributed by atoms with van der Waals surface area (Å²) >= 11 is 0. The molecule has 0 saturated carbocycles. The number of hydrogen-bond acceptors (Lipinski definition) is 4. The quantitative estimate of drug-likeness (QED) is 0.618. The summed E-state index contributed by atoms with van der Waals surface area (Å²) in [6.45, 7) is 5.32. The van der Waals surface area contributed by atoms with Gasteiger partial charge in [0.25, 0.3) is 5.91 Å². The minimum Gasteiger partial charge on any atom is -0.338 e. The summed E-state index contributed by atoms with van der Waals surface area (Å²) in [4.78, 5) is 36.3. The van der Waals surface area contributed by atoms with E-state index in [0.29, 0.717) is 31.0 Å². The van der Waals surface area contributed by atoms with Gasteiger partial charge in [-0.25, -0.2) is 0 Å². The summed E-state index contributed by atoms with van der Waals surface area (Å²) in [5.74, 6) is 0.537. The second kappa shape index (κ2) is 8.74. The van der Waals surface area contributed by atoms with Crippen LogP contribution in [-0.2, 0) is 4.79 Å². The number of hydrogen-bond donors (Lipinski definition) is 0. The highest BCUT2D eigenvalue weighted by atomic mass is 16.2. The molecule has 30 heavy (non-hydrogen) atoms. The molecule has 5 nitrogen and oxygen atoms in total. The molecule has 3 heterocycles. The van der Waals surface area contributed by atoms with Gasteiger partial charge in [-0.05, 0) is 37.0 Å². The van der Waals surface area contributed by atoms with E-state index in [-0.39, 0.29) is 17.6 Å². The predicted octanol–water partition coefficient (Wildman–Crippen LogP) is 4.76. The molecule has 1 atom stereocenters. The van der Waals surface area contributed by atoms with E-state index in [1.807, 2.05) is 47.4 Å². The van der Waals surface area contributed by atoms with E-state index in [0.717, 1.165) is 35.0 Å². The monoisotopic (exact) mass is 401 g/mol. The molecule has 1 fully saturated rings. The Balaban J connectivity index is 1.51. The maximum atomic E-state index is 13.0. The fraction of sp³-hybridized carbons (Fsp3) is 0.360. The topological polar surface area (TPSA) is 63.2 Å². The van der Waals surface area contributed by atoms with E-state index >= 15 is 0 Å². The highest BCUT2D eigenvalue weighted by molar-refractivity contribution is 5.96. The second-order valence-corrected chi connectivity index (χ2v) is 8.47. The summed E-state index contributed by atoms with van der Waals surface area (Å²) in [5, 5.41) is 1.06. The molecule has 1 aliphatic heterocycles. The SMILES string of the molecule is CC(C)CC(=O)[C@@H]1CCCN(C(=O)c2ccc(-c3cccc4cccnc34)nc2)C1. The Labute approximate surface area is 177 Å². The van der Waals surface area contributed by atoms with Crippen LogP contribution in [-0.4, -0.2) is 39.6 Å². The van der Waals surface area contributed by atoms with Crippen LogP contribution in [0.1, 0.15) is 43.5 Å². The molecule has 1 aliphatic rings. The first kappa shape index (κ1) is 20.2. The fourth-order valence-corrected chi connectivity index (χ4v) is 4.17. The first-order valence-electron chi connectivity index (χ1n) is 10.6. The van der Waals surface area contributed by atoms with Crippen molar-refractivity contribution in [3.63, 3.8) is 0 Å². The van der Waals surface area contributed by atoms with Gasteiger partial charge in [-0.15, -0.1) is 0 Å². The van der Waals surface area contributed by atoms with Crippen LogP contribution < -0.4 is 0 Å². The lowest BCUT2D eigenvalue weighted by atomic mass is 9.89. The molecule has 0 aliphatic carbocycles. The molecule has 1 aromatic carbocycles. The number of piperidine rings is 1. The lowest BCUT2D eigenvalue weighted by Gasteiger charge is -2.32. The molecule has 4 rings (SSSR count). The number of nitrogens with zero attached hydrogens (tertiary/aromatic N) is 3. The van der Waals surface area contributed by atoms with Crippen molar-refractivity contribution in [2.24, 2.45) is 11.8 Å². The zero-order valence-electron chi connectivity index (χ0n) is 17.5. The lowest BCUT2D eigenvalue weighted by Crippen LogP contribution is -2.42. The molecule has 0 spiro atoms. The van der Waals surface area contributed by atoms with Gasteiger partial charge in [0.1, 0.15) is 5.78 Å². The van der Waals surface area contributed by atoms with E-state index in [4.69, 9.17) is 0 Å². The molecule has 0 N–H and O–H groups in total. The van der Waals surface area contributed by atoms with Gasteiger partial charge in [0.15, 0.2) is 0 Å². The van der Waals surface area contributed by atoms with Gasteiger partial charge in [-0.2, -0.15) is 0 Å². The summed E-state index contributed by atoms with van der Waals surface area (Å²) < 4.78 is 0. The van der Waals surface area contributed by atoms with E-state index in [1.54, 1.807) is 12.4 Å². The molecule has 0 unspecified atom stereocenters. The summed E-state index contributed by atoms with van der Waals surface area (Å²) in [6.07, 6.45) is 5.74. The average Bonchev–Trinajstić information content (AvgIpc) is 2.78. The van der Waals surface area contributed by atoms with Gasteiger partial charge < -0.3 is 4.90 Å². The number of rotatable bonds is 5. The van der Waals surface area contributed by atoms with Gasteiger partial charge in [-0.1, -0.05) is 38.1 Å². The van der Waals surface area contributed by atoms with Gasteiger partial charge in [0.2, 0.25) is 0 Å². The number of para-hydroxylation sites is 1. The van der Waals surface area contributed by atoms with Crippen LogP contribution in [0.2, 0.25) is 0 Å². The molecule has 3 aromatic rings. The minimum absolute atomic E-state index is 0.0425. The average molecular weight is 402 g/mol. The van der Waals surface area contributed by atoms with Crippen molar-refractivity contribution >= 4 is 22.6 Å². The van der Waals surface area contributed by atoms with E-state index in [9.17, 15) is 9.59 Å². The Bertz CT molecular complexity index is 1050. The molecule has 0 bridgehead atoms. The number of amides is 1. The fourth-order valence-electron chi connectivity index (χ4n) is 4.17. The van der Waals surface area contributed by atoms with Crippen molar-refractivity contribution in [1.82, 2.24) is 14.9 Å². The summed E-state index contributed by atoms with van der Waals surface area (Å²) in [6, 6.07) is 13.7. The molecular weight excluding hydrogens is 374 g/mol.